The van der Waals surface area contributed by atoms with Gasteiger partial charge in [0.25, 0.3) is 0 Å². The number of rotatable bonds is 2. The third-order valence-electron chi connectivity index (χ3n) is 4.45. The molecule has 3 atom stereocenters. The van der Waals surface area contributed by atoms with Crippen LogP contribution < -0.4 is 9.47 Å². The van der Waals surface area contributed by atoms with E-state index in [1.807, 2.05) is 36.9 Å². The number of carbonyl (C=O) groups is 1. The van der Waals surface area contributed by atoms with Gasteiger partial charge in [0, 0.05) is 6.07 Å². The van der Waals surface area contributed by atoms with Crippen molar-refractivity contribution in [2.24, 2.45) is 5.92 Å². The number of hydrogen-bond acceptors (Lipinski definition) is 4. The summed E-state index contributed by atoms with van der Waals surface area (Å²) in [6, 6.07) is 6.02. The van der Waals surface area contributed by atoms with Crippen LogP contribution in [-0.2, 0) is 16.0 Å². The number of methoxy groups -OCH3 is 1. The summed E-state index contributed by atoms with van der Waals surface area (Å²) < 4.78 is 16.5. The molecule has 5 nitrogen and oxygen atoms in total. The minimum Gasteiger partial charge on any atom is -0.497 e. The summed E-state index contributed by atoms with van der Waals surface area (Å²) in [6.45, 7) is 5.72. The average molecular weight is 305 g/mol. The predicted octanol–water partition coefficient (Wildman–Crippen LogP) is 1.88. The molecule has 0 unspecified atom stereocenters. The topological polar surface area (TPSA) is 48.0 Å². The van der Waals surface area contributed by atoms with E-state index in [0.29, 0.717) is 19.8 Å². The molecule has 2 aliphatic heterocycles. The van der Waals surface area contributed by atoms with E-state index in [9.17, 15) is 4.79 Å². The summed E-state index contributed by atoms with van der Waals surface area (Å²) in [5, 5.41) is 0. The zero-order valence-corrected chi connectivity index (χ0v) is 13.4. The van der Waals surface area contributed by atoms with Crippen molar-refractivity contribution in [3.05, 3.63) is 23.8 Å². The number of benzene rings is 1. The number of fused-ring (bicyclic) bond motifs is 1. The summed E-state index contributed by atoms with van der Waals surface area (Å²) in [6.07, 6.45) is 0.717. The van der Waals surface area contributed by atoms with E-state index in [1.165, 1.54) is 0 Å². The molecular weight excluding hydrogens is 282 g/mol. The van der Waals surface area contributed by atoms with Gasteiger partial charge in [-0.25, -0.2) is 0 Å². The highest BCUT2D eigenvalue weighted by molar-refractivity contribution is 5.80. The quantitative estimate of drug-likeness (QED) is 0.837. The van der Waals surface area contributed by atoms with Gasteiger partial charge in [0.15, 0.2) is 0 Å². The smallest absolute Gasteiger partial charge is 0.230 e. The lowest BCUT2D eigenvalue weighted by atomic mass is 9.94. The van der Waals surface area contributed by atoms with Gasteiger partial charge in [0.1, 0.15) is 18.1 Å². The van der Waals surface area contributed by atoms with Gasteiger partial charge in [-0.3, -0.25) is 4.79 Å². The normalized spacial score (nSPS) is 27.8. The standard InChI is InChI=1S/C17H23NO4/c1-11-8-21-9-12(2)18(11)17(19)14-6-13-4-5-15(20-3)7-16(13)22-10-14/h4-5,7,11-12,14H,6,8-10H2,1-3H3/t11-,12-,14-/m1/s1. The van der Waals surface area contributed by atoms with Crippen molar-refractivity contribution in [3.63, 3.8) is 0 Å². The van der Waals surface area contributed by atoms with Crippen molar-refractivity contribution < 1.29 is 19.0 Å². The number of hydrogen-bond donors (Lipinski definition) is 0. The SMILES string of the molecule is COc1ccc2c(c1)OC[C@H](C(=O)N1[C@H](C)COC[C@H]1C)C2. The van der Waals surface area contributed by atoms with Crippen LogP contribution in [0.25, 0.3) is 0 Å². The van der Waals surface area contributed by atoms with E-state index in [0.717, 1.165) is 23.5 Å². The molecule has 0 aliphatic carbocycles. The van der Waals surface area contributed by atoms with Gasteiger partial charge < -0.3 is 19.1 Å². The number of amides is 1. The van der Waals surface area contributed by atoms with Crippen LogP contribution in [0.1, 0.15) is 19.4 Å². The van der Waals surface area contributed by atoms with Gasteiger partial charge in [0.2, 0.25) is 5.91 Å². The van der Waals surface area contributed by atoms with Crippen LogP contribution in [0.4, 0.5) is 0 Å². The highest BCUT2D eigenvalue weighted by atomic mass is 16.5. The Kier molecular flexibility index (Phi) is 4.25. The number of morpholine rings is 1. The molecule has 0 N–H and O–H groups in total. The van der Waals surface area contributed by atoms with Gasteiger partial charge in [-0.2, -0.15) is 0 Å². The molecule has 0 bridgehead atoms. The molecule has 2 aliphatic rings. The summed E-state index contributed by atoms with van der Waals surface area (Å²) in [5.74, 6) is 1.65. The Hall–Kier alpha value is -1.75. The summed E-state index contributed by atoms with van der Waals surface area (Å²) in [4.78, 5) is 14.8. The predicted molar refractivity (Wildman–Crippen MR) is 82.3 cm³/mol. The Bertz CT molecular complexity index is 550. The maximum Gasteiger partial charge on any atom is 0.230 e. The van der Waals surface area contributed by atoms with Gasteiger partial charge in [-0.05, 0) is 31.9 Å². The number of carbonyl (C=O) groups excluding carboxylic acids is 1. The summed E-state index contributed by atoms with van der Waals surface area (Å²) in [5.41, 5.74) is 1.07. The molecule has 120 valence electrons. The molecule has 1 aromatic carbocycles. The largest absolute Gasteiger partial charge is 0.497 e. The summed E-state index contributed by atoms with van der Waals surface area (Å²) >= 11 is 0. The van der Waals surface area contributed by atoms with Crippen molar-refractivity contribution in [1.82, 2.24) is 4.90 Å². The molecule has 0 saturated carbocycles. The lowest BCUT2D eigenvalue weighted by Gasteiger charge is -2.41. The second-order valence-corrected chi connectivity index (χ2v) is 6.17. The van der Waals surface area contributed by atoms with Crippen LogP contribution in [0.15, 0.2) is 18.2 Å². The lowest BCUT2D eigenvalue weighted by Crippen LogP contribution is -2.55. The molecule has 5 heteroatoms. The van der Waals surface area contributed by atoms with E-state index in [1.54, 1.807) is 7.11 Å². The van der Waals surface area contributed by atoms with Crippen LogP contribution >= 0.6 is 0 Å². The Morgan fingerprint density at radius 3 is 2.64 bits per heavy atom. The molecule has 1 amide bonds. The Morgan fingerprint density at radius 1 is 1.23 bits per heavy atom. The maximum absolute atomic E-state index is 12.9. The Morgan fingerprint density at radius 2 is 1.95 bits per heavy atom. The maximum atomic E-state index is 12.9. The lowest BCUT2D eigenvalue weighted by molar-refractivity contribution is -0.150. The first-order chi connectivity index (χ1) is 10.6. The first-order valence-electron chi connectivity index (χ1n) is 7.79. The second-order valence-electron chi connectivity index (χ2n) is 6.17. The van der Waals surface area contributed by atoms with E-state index in [4.69, 9.17) is 14.2 Å². The zero-order chi connectivity index (χ0) is 15.7. The van der Waals surface area contributed by atoms with Crippen LogP contribution in [0.5, 0.6) is 11.5 Å². The monoisotopic (exact) mass is 305 g/mol. The van der Waals surface area contributed by atoms with E-state index in [2.05, 4.69) is 0 Å². The molecule has 3 rings (SSSR count). The minimum atomic E-state index is -0.121. The Labute approximate surface area is 131 Å². The van der Waals surface area contributed by atoms with Gasteiger partial charge in [-0.1, -0.05) is 6.07 Å². The number of ether oxygens (including phenoxy) is 3. The van der Waals surface area contributed by atoms with Crippen LogP contribution in [-0.4, -0.2) is 49.8 Å². The molecular formula is C17H23NO4. The fraction of sp³-hybridized carbons (Fsp3) is 0.588. The highest BCUT2D eigenvalue weighted by Gasteiger charge is 2.36. The molecule has 0 aromatic heterocycles. The van der Waals surface area contributed by atoms with E-state index >= 15 is 0 Å². The van der Waals surface area contributed by atoms with Gasteiger partial charge in [-0.15, -0.1) is 0 Å². The average Bonchev–Trinajstić information content (AvgIpc) is 2.53. The van der Waals surface area contributed by atoms with Crippen LogP contribution in [0, 0.1) is 5.92 Å². The first-order valence-corrected chi connectivity index (χ1v) is 7.79. The molecule has 1 fully saturated rings. The number of nitrogens with zero attached hydrogens (tertiary/aromatic N) is 1. The minimum absolute atomic E-state index is 0.119. The summed E-state index contributed by atoms with van der Waals surface area (Å²) in [7, 11) is 1.64. The molecule has 22 heavy (non-hydrogen) atoms. The molecule has 0 radical (unpaired) electrons. The van der Waals surface area contributed by atoms with Crippen LogP contribution in [0.2, 0.25) is 0 Å². The molecule has 1 saturated heterocycles. The van der Waals surface area contributed by atoms with Gasteiger partial charge >= 0.3 is 0 Å². The Balaban J connectivity index is 1.75. The van der Waals surface area contributed by atoms with Crippen LogP contribution in [0.3, 0.4) is 0 Å². The third kappa shape index (κ3) is 2.77. The van der Waals surface area contributed by atoms with Crippen molar-refractivity contribution in [3.8, 4) is 11.5 Å². The second kappa shape index (κ2) is 6.16. The first kappa shape index (κ1) is 15.2. The van der Waals surface area contributed by atoms with Gasteiger partial charge in [0.05, 0.1) is 38.3 Å². The molecule has 2 heterocycles. The van der Waals surface area contributed by atoms with E-state index < -0.39 is 0 Å². The molecule has 0 spiro atoms. The van der Waals surface area contributed by atoms with Crippen molar-refractivity contribution in [1.29, 1.82) is 0 Å². The third-order valence-corrected chi connectivity index (χ3v) is 4.45. The zero-order valence-electron chi connectivity index (χ0n) is 13.4. The highest BCUT2D eigenvalue weighted by Crippen LogP contribution is 2.32. The fourth-order valence-electron chi connectivity index (χ4n) is 3.29. The van der Waals surface area contributed by atoms with Crippen molar-refractivity contribution in [2.45, 2.75) is 32.4 Å². The molecule has 1 aromatic rings. The van der Waals surface area contributed by atoms with Crippen molar-refractivity contribution >= 4 is 5.91 Å². The fourth-order valence-corrected chi connectivity index (χ4v) is 3.29. The van der Waals surface area contributed by atoms with E-state index in [-0.39, 0.29) is 23.9 Å². The van der Waals surface area contributed by atoms with Crippen molar-refractivity contribution in [2.75, 3.05) is 26.9 Å².